The highest BCUT2D eigenvalue weighted by molar-refractivity contribution is 6.99. The van der Waals surface area contributed by atoms with Crippen LogP contribution in [0.25, 0.3) is 11.0 Å². The van der Waals surface area contributed by atoms with Gasteiger partial charge in [0.05, 0.1) is 16.1 Å². The Morgan fingerprint density at radius 3 is 2.16 bits per heavy atom. The third kappa shape index (κ3) is 5.98. The molecule has 1 aliphatic carbocycles. The molecule has 9 heteroatoms. The van der Waals surface area contributed by atoms with Gasteiger partial charge in [-0.25, -0.2) is 4.98 Å². The van der Waals surface area contributed by atoms with Gasteiger partial charge in [0.2, 0.25) is 5.43 Å². The molecule has 0 bridgehead atoms. The van der Waals surface area contributed by atoms with Crippen molar-refractivity contribution in [3.05, 3.63) is 124 Å². The Labute approximate surface area is 269 Å². The molecule has 0 saturated heterocycles. The molecule has 6 rings (SSSR count). The molecule has 0 aliphatic heterocycles. The second-order valence-corrected chi connectivity index (χ2v) is 17.3. The van der Waals surface area contributed by atoms with Gasteiger partial charge in [-0.3, -0.25) is 14.6 Å². The lowest BCUT2D eigenvalue weighted by atomic mass is 9.92. The number of benzene rings is 2. The van der Waals surface area contributed by atoms with E-state index in [0.717, 1.165) is 25.7 Å². The molecule has 2 aromatic carbocycles. The van der Waals surface area contributed by atoms with Crippen molar-refractivity contribution < 1.29 is 9.22 Å². The van der Waals surface area contributed by atoms with Gasteiger partial charge in [-0.2, -0.15) is 0 Å². The van der Waals surface area contributed by atoms with Gasteiger partial charge in [0.1, 0.15) is 11.2 Å². The first-order valence-electron chi connectivity index (χ1n) is 15.4. The average molecular weight is 637 g/mol. The largest absolute Gasteiger partial charge is 0.404 e. The second kappa shape index (κ2) is 12.7. The summed E-state index contributed by atoms with van der Waals surface area (Å²) in [6.45, 7) is 6.90. The normalized spacial score (nSPS) is 17.2. The standard InChI is InChI=1S/C36H37ClN4O3Si/c1-36(2,3)45(27-11-6-4-7-12-27,28-13-8-5-9-14-28)44-26-18-16-25(17-19-26)41-24-30(33(42)29-15-10-21-39-34(29)41)35(43)40-32-20-22-38-23-31(32)37/h4-15,20-26H,16-19H2,1-3H3,(H,38,40,43). The maximum absolute atomic E-state index is 13.5. The minimum Gasteiger partial charge on any atom is -0.404 e. The zero-order chi connectivity index (χ0) is 31.6. The first-order chi connectivity index (χ1) is 21.7. The van der Waals surface area contributed by atoms with Gasteiger partial charge >= 0.3 is 0 Å². The fourth-order valence-electron chi connectivity index (χ4n) is 6.67. The Kier molecular flexibility index (Phi) is 8.73. The number of hydrogen-bond donors (Lipinski definition) is 1. The van der Waals surface area contributed by atoms with Crippen molar-refractivity contribution in [3.8, 4) is 0 Å². The highest BCUT2D eigenvalue weighted by Crippen LogP contribution is 2.40. The van der Waals surface area contributed by atoms with Crippen LogP contribution in [0.3, 0.4) is 0 Å². The fraction of sp³-hybridized carbons (Fsp3) is 0.278. The Morgan fingerprint density at radius 1 is 0.911 bits per heavy atom. The van der Waals surface area contributed by atoms with Crippen LogP contribution in [0, 0.1) is 0 Å². The summed E-state index contributed by atoms with van der Waals surface area (Å²) in [4.78, 5) is 35.4. The Hall–Kier alpha value is -4.11. The highest BCUT2D eigenvalue weighted by atomic mass is 35.5. The summed E-state index contributed by atoms with van der Waals surface area (Å²) in [5.74, 6) is -0.517. The first-order valence-corrected chi connectivity index (χ1v) is 17.7. The van der Waals surface area contributed by atoms with Crippen LogP contribution in [0.2, 0.25) is 10.1 Å². The van der Waals surface area contributed by atoms with E-state index < -0.39 is 14.2 Å². The summed E-state index contributed by atoms with van der Waals surface area (Å²) in [6, 6.07) is 26.6. The van der Waals surface area contributed by atoms with Crippen LogP contribution < -0.4 is 21.1 Å². The van der Waals surface area contributed by atoms with Crippen LogP contribution in [0.5, 0.6) is 0 Å². The number of halogens is 1. The number of amides is 1. The van der Waals surface area contributed by atoms with Crippen molar-refractivity contribution in [1.29, 1.82) is 0 Å². The number of aromatic nitrogens is 3. The third-order valence-electron chi connectivity index (χ3n) is 8.85. The van der Waals surface area contributed by atoms with Gasteiger partial charge in [0, 0.05) is 36.9 Å². The number of nitrogens with one attached hydrogen (secondary N) is 1. The van der Waals surface area contributed by atoms with Gasteiger partial charge in [-0.15, -0.1) is 0 Å². The number of rotatable bonds is 7. The predicted octanol–water partition coefficient (Wildman–Crippen LogP) is 6.76. The van der Waals surface area contributed by atoms with E-state index in [4.69, 9.17) is 16.0 Å². The van der Waals surface area contributed by atoms with Crippen LogP contribution in [0.1, 0.15) is 62.9 Å². The topological polar surface area (TPSA) is 86.1 Å². The van der Waals surface area contributed by atoms with E-state index in [1.54, 1.807) is 30.6 Å². The lowest BCUT2D eigenvalue weighted by molar-refractivity contribution is 0.102. The maximum Gasteiger partial charge on any atom is 0.261 e. The summed E-state index contributed by atoms with van der Waals surface area (Å²) < 4.78 is 9.44. The zero-order valence-corrected chi connectivity index (χ0v) is 27.5. The third-order valence-corrected chi connectivity index (χ3v) is 14.2. The van der Waals surface area contributed by atoms with E-state index in [0.29, 0.717) is 21.7 Å². The molecule has 0 atom stereocenters. The summed E-state index contributed by atoms with van der Waals surface area (Å²) >= 11 is 6.23. The zero-order valence-electron chi connectivity index (χ0n) is 25.7. The highest BCUT2D eigenvalue weighted by Gasteiger charge is 2.51. The molecule has 1 amide bonds. The minimum absolute atomic E-state index is 0.0501. The lowest BCUT2D eigenvalue weighted by Crippen LogP contribution is -2.67. The molecule has 3 aromatic heterocycles. The molecule has 1 saturated carbocycles. The summed E-state index contributed by atoms with van der Waals surface area (Å²) in [6.07, 6.45) is 9.77. The van der Waals surface area contributed by atoms with Crippen molar-refractivity contribution in [2.24, 2.45) is 0 Å². The number of carbonyl (C=O) groups excluding carboxylic acids is 1. The van der Waals surface area contributed by atoms with Crippen LogP contribution in [0.15, 0.2) is 108 Å². The number of pyridine rings is 3. The van der Waals surface area contributed by atoms with E-state index in [1.165, 1.54) is 22.8 Å². The SMILES string of the molecule is CC(C)(C)[Si](OC1CCC(n2cc(C(=O)Nc3ccncc3Cl)c(=O)c3cccnc32)CC1)(c1ccccc1)c1ccccc1. The molecule has 3 heterocycles. The summed E-state index contributed by atoms with van der Waals surface area (Å²) in [5, 5.41) is 5.93. The Morgan fingerprint density at radius 2 is 1.56 bits per heavy atom. The van der Waals surface area contributed by atoms with Crippen LogP contribution in [-0.4, -0.2) is 34.9 Å². The maximum atomic E-state index is 13.5. The molecule has 0 radical (unpaired) electrons. The van der Waals surface area contributed by atoms with Gasteiger partial charge in [-0.05, 0) is 59.3 Å². The molecule has 5 aromatic rings. The van der Waals surface area contributed by atoms with Crippen molar-refractivity contribution in [1.82, 2.24) is 14.5 Å². The Balaban J connectivity index is 1.31. The van der Waals surface area contributed by atoms with E-state index in [-0.39, 0.29) is 28.2 Å². The van der Waals surface area contributed by atoms with Crippen molar-refractivity contribution in [2.75, 3.05) is 5.32 Å². The molecule has 1 aliphatic rings. The smallest absolute Gasteiger partial charge is 0.261 e. The molecule has 1 fully saturated rings. The van der Waals surface area contributed by atoms with Crippen molar-refractivity contribution >= 4 is 52.9 Å². The van der Waals surface area contributed by atoms with Crippen LogP contribution in [0.4, 0.5) is 5.69 Å². The van der Waals surface area contributed by atoms with E-state index >= 15 is 0 Å². The molecular formula is C36H37ClN4O3Si. The molecular weight excluding hydrogens is 600 g/mol. The molecule has 0 unspecified atom stereocenters. The van der Waals surface area contributed by atoms with E-state index in [9.17, 15) is 9.59 Å². The predicted molar refractivity (Wildman–Crippen MR) is 183 cm³/mol. The number of anilines is 1. The number of nitrogens with zero attached hydrogens (tertiary/aromatic N) is 3. The fourth-order valence-corrected chi connectivity index (χ4v) is 11.6. The summed E-state index contributed by atoms with van der Waals surface area (Å²) in [5.41, 5.74) is 0.669. The molecule has 45 heavy (non-hydrogen) atoms. The van der Waals surface area contributed by atoms with E-state index in [1.807, 2.05) is 4.57 Å². The van der Waals surface area contributed by atoms with Gasteiger partial charge < -0.3 is 14.3 Å². The number of carbonyl (C=O) groups is 1. The van der Waals surface area contributed by atoms with Gasteiger partial charge in [0.25, 0.3) is 14.2 Å². The quantitative estimate of drug-likeness (QED) is 0.200. The first kappa shape index (κ1) is 30.9. The monoisotopic (exact) mass is 636 g/mol. The summed E-state index contributed by atoms with van der Waals surface area (Å²) in [7, 11) is -2.68. The molecule has 1 N–H and O–H groups in total. The van der Waals surface area contributed by atoms with Gasteiger partial charge in [0.15, 0.2) is 0 Å². The molecule has 7 nitrogen and oxygen atoms in total. The van der Waals surface area contributed by atoms with Crippen LogP contribution >= 0.6 is 11.6 Å². The van der Waals surface area contributed by atoms with Crippen molar-refractivity contribution in [2.45, 2.75) is 63.6 Å². The average Bonchev–Trinajstić information content (AvgIpc) is 3.05. The van der Waals surface area contributed by atoms with Gasteiger partial charge in [-0.1, -0.05) is 93.0 Å². The molecule has 0 spiro atoms. The molecule has 230 valence electrons. The Bertz CT molecular complexity index is 1830. The second-order valence-electron chi connectivity index (χ2n) is 12.7. The van der Waals surface area contributed by atoms with E-state index in [2.05, 4.69) is 96.7 Å². The van der Waals surface area contributed by atoms with Crippen molar-refractivity contribution in [3.63, 3.8) is 0 Å². The number of fused-ring (bicyclic) bond motifs is 1. The number of hydrogen-bond acceptors (Lipinski definition) is 5. The minimum atomic E-state index is -2.68. The lowest BCUT2D eigenvalue weighted by Gasteiger charge is -2.46. The van der Waals surface area contributed by atoms with Crippen LogP contribution in [-0.2, 0) is 4.43 Å².